The molecule has 1 aliphatic carbocycles. The zero-order valence-corrected chi connectivity index (χ0v) is 8.53. The zero-order valence-electron chi connectivity index (χ0n) is 8.53. The summed E-state index contributed by atoms with van der Waals surface area (Å²) in [5, 5.41) is 0. The molecule has 0 amide bonds. The van der Waals surface area contributed by atoms with Gasteiger partial charge in [-0.3, -0.25) is 9.78 Å². The summed E-state index contributed by atoms with van der Waals surface area (Å²) in [5.74, 6) is 0.355. The first-order chi connectivity index (χ1) is 7.30. The van der Waals surface area contributed by atoms with Gasteiger partial charge in [0.15, 0.2) is 0 Å². The number of carbonyl (C=O) groups excluding carboxylic acids is 1. The van der Waals surface area contributed by atoms with E-state index >= 15 is 0 Å². The maximum atomic E-state index is 11.2. The standard InChI is InChI=1S/C12H13NO2/c14-10-3-5-12(6-4-10)11-9(8-15-12)2-1-7-13-11/h1-2,7H,3-6,8H2. The Labute approximate surface area is 88.5 Å². The van der Waals surface area contributed by atoms with Crippen molar-refractivity contribution in [1.82, 2.24) is 4.98 Å². The fraction of sp³-hybridized carbons (Fsp3) is 0.500. The minimum atomic E-state index is -0.246. The first-order valence-corrected chi connectivity index (χ1v) is 5.40. The molecule has 15 heavy (non-hydrogen) atoms. The van der Waals surface area contributed by atoms with E-state index in [9.17, 15) is 4.79 Å². The number of ketones is 1. The van der Waals surface area contributed by atoms with Gasteiger partial charge in [-0.25, -0.2) is 0 Å². The van der Waals surface area contributed by atoms with Crippen LogP contribution in [0.25, 0.3) is 0 Å². The Morgan fingerprint density at radius 3 is 2.93 bits per heavy atom. The van der Waals surface area contributed by atoms with E-state index in [-0.39, 0.29) is 5.60 Å². The van der Waals surface area contributed by atoms with Crippen LogP contribution < -0.4 is 0 Å². The van der Waals surface area contributed by atoms with Crippen LogP contribution in [0, 0.1) is 0 Å². The summed E-state index contributed by atoms with van der Waals surface area (Å²) in [5.41, 5.74) is 2.01. The van der Waals surface area contributed by atoms with Crippen LogP contribution >= 0.6 is 0 Å². The largest absolute Gasteiger partial charge is 0.364 e. The van der Waals surface area contributed by atoms with Crippen molar-refractivity contribution >= 4 is 5.78 Å². The smallest absolute Gasteiger partial charge is 0.133 e. The predicted molar refractivity (Wildman–Crippen MR) is 54.2 cm³/mol. The van der Waals surface area contributed by atoms with Gasteiger partial charge in [-0.05, 0) is 18.9 Å². The Morgan fingerprint density at radius 2 is 2.13 bits per heavy atom. The second kappa shape index (κ2) is 3.14. The monoisotopic (exact) mass is 203 g/mol. The number of pyridine rings is 1. The van der Waals surface area contributed by atoms with Crippen molar-refractivity contribution in [2.24, 2.45) is 0 Å². The third-order valence-corrected chi connectivity index (χ3v) is 3.44. The summed E-state index contributed by atoms with van der Waals surface area (Å²) in [6.07, 6.45) is 4.68. The van der Waals surface area contributed by atoms with E-state index in [0.29, 0.717) is 25.2 Å². The molecule has 0 aromatic carbocycles. The Morgan fingerprint density at radius 1 is 1.33 bits per heavy atom. The number of rotatable bonds is 0. The molecule has 0 saturated heterocycles. The molecule has 1 saturated carbocycles. The number of hydrogen-bond donors (Lipinski definition) is 0. The molecular formula is C12H13NO2. The molecule has 1 fully saturated rings. The van der Waals surface area contributed by atoms with E-state index in [0.717, 1.165) is 18.5 Å². The highest BCUT2D eigenvalue weighted by atomic mass is 16.5. The molecule has 0 atom stereocenters. The number of Topliss-reactive ketones (excluding diaryl/α,β-unsaturated/α-hetero) is 1. The molecule has 3 nitrogen and oxygen atoms in total. The Balaban J connectivity index is 1.98. The molecule has 0 radical (unpaired) electrons. The van der Waals surface area contributed by atoms with Gasteiger partial charge in [-0.15, -0.1) is 0 Å². The number of aromatic nitrogens is 1. The number of fused-ring (bicyclic) bond motifs is 2. The molecular weight excluding hydrogens is 190 g/mol. The normalized spacial score (nSPS) is 23.1. The fourth-order valence-corrected chi connectivity index (χ4v) is 2.56. The quantitative estimate of drug-likeness (QED) is 0.647. The van der Waals surface area contributed by atoms with Gasteiger partial charge in [0.05, 0.1) is 12.3 Å². The molecule has 3 heteroatoms. The van der Waals surface area contributed by atoms with E-state index in [4.69, 9.17) is 4.74 Å². The zero-order chi connectivity index (χ0) is 10.3. The predicted octanol–water partition coefficient (Wildman–Crippen LogP) is 1.95. The molecule has 1 aliphatic heterocycles. The third kappa shape index (κ3) is 1.30. The van der Waals surface area contributed by atoms with Gasteiger partial charge in [-0.2, -0.15) is 0 Å². The number of hydrogen-bond acceptors (Lipinski definition) is 3. The molecule has 3 rings (SSSR count). The number of nitrogens with zero attached hydrogens (tertiary/aromatic N) is 1. The van der Waals surface area contributed by atoms with Crippen molar-refractivity contribution in [3.8, 4) is 0 Å². The third-order valence-electron chi connectivity index (χ3n) is 3.44. The van der Waals surface area contributed by atoms with Gasteiger partial charge in [0.2, 0.25) is 0 Å². The minimum Gasteiger partial charge on any atom is -0.364 e. The maximum absolute atomic E-state index is 11.2. The molecule has 2 aliphatic rings. The average Bonchev–Trinajstić information content (AvgIpc) is 2.63. The molecule has 2 heterocycles. The summed E-state index contributed by atoms with van der Waals surface area (Å²) in [7, 11) is 0. The lowest BCUT2D eigenvalue weighted by Crippen LogP contribution is -2.32. The van der Waals surface area contributed by atoms with Crippen LogP contribution in [-0.4, -0.2) is 10.8 Å². The van der Waals surface area contributed by atoms with Crippen molar-refractivity contribution in [2.45, 2.75) is 37.9 Å². The van der Waals surface area contributed by atoms with E-state index in [1.165, 1.54) is 5.56 Å². The van der Waals surface area contributed by atoms with Crippen molar-refractivity contribution < 1.29 is 9.53 Å². The Bertz CT molecular complexity index is 404. The van der Waals surface area contributed by atoms with E-state index in [2.05, 4.69) is 11.1 Å². The lowest BCUT2D eigenvalue weighted by Gasteiger charge is -2.31. The summed E-state index contributed by atoms with van der Waals surface area (Å²) >= 11 is 0. The van der Waals surface area contributed by atoms with Crippen molar-refractivity contribution in [1.29, 1.82) is 0 Å². The van der Waals surface area contributed by atoms with E-state index in [1.54, 1.807) is 0 Å². The summed E-state index contributed by atoms with van der Waals surface area (Å²) in [4.78, 5) is 15.7. The van der Waals surface area contributed by atoms with Gasteiger partial charge in [-0.1, -0.05) is 6.07 Å². The van der Waals surface area contributed by atoms with Crippen LogP contribution in [0.4, 0.5) is 0 Å². The fourth-order valence-electron chi connectivity index (χ4n) is 2.56. The van der Waals surface area contributed by atoms with Crippen molar-refractivity contribution in [2.75, 3.05) is 0 Å². The molecule has 1 spiro atoms. The highest BCUT2D eigenvalue weighted by Gasteiger charge is 2.43. The highest BCUT2D eigenvalue weighted by Crippen LogP contribution is 2.44. The van der Waals surface area contributed by atoms with Gasteiger partial charge in [0, 0.05) is 24.6 Å². The average molecular weight is 203 g/mol. The molecule has 1 aromatic heterocycles. The number of carbonyl (C=O) groups is 1. The van der Waals surface area contributed by atoms with Crippen molar-refractivity contribution in [3.05, 3.63) is 29.6 Å². The summed E-state index contributed by atoms with van der Waals surface area (Å²) < 4.78 is 5.89. The summed E-state index contributed by atoms with van der Waals surface area (Å²) in [6.45, 7) is 0.650. The topological polar surface area (TPSA) is 39.2 Å². The molecule has 1 aromatic rings. The molecule has 78 valence electrons. The van der Waals surface area contributed by atoms with Crippen LogP contribution in [0.1, 0.15) is 36.9 Å². The van der Waals surface area contributed by atoms with Crippen LogP contribution in [0.15, 0.2) is 18.3 Å². The second-order valence-corrected chi connectivity index (χ2v) is 4.33. The Hall–Kier alpha value is -1.22. The summed E-state index contributed by atoms with van der Waals surface area (Å²) in [6, 6.07) is 4.00. The van der Waals surface area contributed by atoms with E-state index < -0.39 is 0 Å². The molecule has 0 N–H and O–H groups in total. The Kier molecular flexibility index (Phi) is 1.89. The van der Waals surface area contributed by atoms with Gasteiger partial charge in [0.1, 0.15) is 11.4 Å². The van der Waals surface area contributed by atoms with Gasteiger partial charge >= 0.3 is 0 Å². The SMILES string of the molecule is O=C1CCC2(CC1)OCc1cccnc12. The first kappa shape index (κ1) is 9.04. The second-order valence-electron chi connectivity index (χ2n) is 4.33. The maximum Gasteiger partial charge on any atom is 0.133 e. The van der Waals surface area contributed by atoms with Gasteiger partial charge in [0.25, 0.3) is 0 Å². The van der Waals surface area contributed by atoms with Gasteiger partial charge < -0.3 is 4.74 Å². The van der Waals surface area contributed by atoms with Crippen LogP contribution in [0.2, 0.25) is 0 Å². The lowest BCUT2D eigenvalue weighted by molar-refractivity contribution is -0.129. The van der Waals surface area contributed by atoms with Crippen LogP contribution in [0.5, 0.6) is 0 Å². The van der Waals surface area contributed by atoms with Crippen molar-refractivity contribution in [3.63, 3.8) is 0 Å². The first-order valence-electron chi connectivity index (χ1n) is 5.40. The minimum absolute atomic E-state index is 0.246. The number of ether oxygens (including phenoxy) is 1. The molecule has 0 bridgehead atoms. The molecule has 0 unspecified atom stereocenters. The lowest BCUT2D eigenvalue weighted by atomic mass is 9.81. The van der Waals surface area contributed by atoms with Crippen LogP contribution in [-0.2, 0) is 21.7 Å². The highest BCUT2D eigenvalue weighted by molar-refractivity contribution is 5.79. The van der Waals surface area contributed by atoms with Crippen LogP contribution in [0.3, 0.4) is 0 Å². The van der Waals surface area contributed by atoms with E-state index in [1.807, 2.05) is 12.3 Å².